The van der Waals surface area contributed by atoms with Crippen molar-refractivity contribution >= 4 is 41.5 Å². The summed E-state index contributed by atoms with van der Waals surface area (Å²) < 4.78 is 5.79. The number of nitrogens with one attached hydrogen (secondary N) is 2. The number of benzene rings is 1. The van der Waals surface area contributed by atoms with Crippen LogP contribution in [0.4, 0.5) is 0 Å². The minimum Gasteiger partial charge on any atom is -0.487 e. The highest BCUT2D eigenvalue weighted by Crippen LogP contribution is 2.23. The van der Waals surface area contributed by atoms with Crippen LogP contribution in [0.15, 0.2) is 29.3 Å². The van der Waals surface area contributed by atoms with Crippen molar-refractivity contribution in [3.8, 4) is 5.75 Å². The van der Waals surface area contributed by atoms with Gasteiger partial charge in [0.15, 0.2) is 5.96 Å². The molecule has 2 N–H and O–H groups in total. The van der Waals surface area contributed by atoms with Gasteiger partial charge in [-0.15, -0.1) is 24.0 Å². The average Bonchev–Trinajstić information content (AvgIpc) is 2.45. The maximum absolute atomic E-state index is 6.06. The van der Waals surface area contributed by atoms with Gasteiger partial charge >= 0.3 is 0 Å². The minimum absolute atomic E-state index is 0. The molecule has 120 valence electrons. The van der Waals surface area contributed by atoms with E-state index < -0.39 is 0 Å². The van der Waals surface area contributed by atoms with Gasteiger partial charge in [0.05, 0.1) is 11.6 Å². The Hall–Kier alpha value is -0.690. The molecular weight excluding hydrogens is 401 g/mol. The first-order valence-corrected chi connectivity index (χ1v) is 7.40. The highest BCUT2D eigenvalue weighted by atomic mass is 127. The van der Waals surface area contributed by atoms with Crippen molar-refractivity contribution in [2.24, 2.45) is 4.99 Å². The van der Waals surface area contributed by atoms with Crippen LogP contribution in [-0.2, 0) is 0 Å². The number of ether oxygens (including phenoxy) is 1. The molecule has 0 fully saturated rings. The molecule has 0 aliphatic rings. The molecule has 0 saturated carbocycles. The smallest absolute Gasteiger partial charge is 0.191 e. The van der Waals surface area contributed by atoms with Crippen LogP contribution in [0.1, 0.15) is 26.7 Å². The average molecular weight is 426 g/mol. The number of nitrogens with zero attached hydrogens (tertiary/aromatic N) is 1. The van der Waals surface area contributed by atoms with E-state index in [0.29, 0.717) is 17.3 Å². The van der Waals surface area contributed by atoms with Crippen LogP contribution in [0.25, 0.3) is 0 Å². The van der Waals surface area contributed by atoms with Crippen LogP contribution in [0.3, 0.4) is 0 Å². The van der Waals surface area contributed by atoms with Gasteiger partial charge in [-0.05, 0) is 25.5 Å². The topological polar surface area (TPSA) is 45.7 Å². The van der Waals surface area contributed by atoms with Crippen molar-refractivity contribution in [2.75, 3.05) is 20.1 Å². The summed E-state index contributed by atoms with van der Waals surface area (Å²) in [6, 6.07) is 7.49. The fraction of sp³-hybridized carbons (Fsp3) is 0.533. The van der Waals surface area contributed by atoms with E-state index in [2.05, 4.69) is 22.5 Å². The molecule has 0 amide bonds. The lowest BCUT2D eigenvalue weighted by Gasteiger charge is -2.18. The third-order valence-electron chi connectivity index (χ3n) is 2.77. The zero-order valence-corrected chi connectivity index (χ0v) is 15.9. The second kappa shape index (κ2) is 11.9. The zero-order chi connectivity index (χ0) is 14.8. The van der Waals surface area contributed by atoms with Crippen molar-refractivity contribution in [3.05, 3.63) is 29.3 Å². The summed E-state index contributed by atoms with van der Waals surface area (Å²) in [5.74, 6) is 1.51. The summed E-state index contributed by atoms with van der Waals surface area (Å²) >= 11 is 6.06. The van der Waals surface area contributed by atoms with E-state index in [0.717, 1.165) is 25.3 Å². The SMILES string of the molecule is CCCCNC(=NC)NCC(C)Oc1ccccc1Cl.I. The minimum atomic E-state index is -0.000347. The third kappa shape index (κ3) is 8.36. The van der Waals surface area contributed by atoms with E-state index >= 15 is 0 Å². The highest BCUT2D eigenvalue weighted by Gasteiger charge is 2.07. The van der Waals surface area contributed by atoms with Crippen molar-refractivity contribution in [1.82, 2.24) is 10.6 Å². The molecular formula is C15H25ClIN3O. The van der Waals surface area contributed by atoms with Crippen LogP contribution in [-0.4, -0.2) is 32.2 Å². The quantitative estimate of drug-likeness (QED) is 0.303. The summed E-state index contributed by atoms with van der Waals surface area (Å²) in [5.41, 5.74) is 0. The Balaban J connectivity index is 0.00000400. The zero-order valence-electron chi connectivity index (χ0n) is 12.9. The molecule has 4 nitrogen and oxygen atoms in total. The van der Waals surface area contributed by atoms with Crippen LogP contribution >= 0.6 is 35.6 Å². The summed E-state index contributed by atoms with van der Waals surface area (Å²) in [6.45, 7) is 5.75. The van der Waals surface area contributed by atoms with Gasteiger partial charge < -0.3 is 15.4 Å². The fourth-order valence-electron chi connectivity index (χ4n) is 1.64. The number of hydrogen-bond acceptors (Lipinski definition) is 2. The Morgan fingerprint density at radius 1 is 1.33 bits per heavy atom. The van der Waals surface area contributed by atoms with Crippen LogP contribution in [0, 0.1) is 0 Å². The van der Waals surface area contributed by atoms with Crippen LogP contribution in [0.2, 0.25) is 5.02 Å². The lowest BCUT2D eigenvalue weighted by molar-refractivity contribution is 0.224. The number of hydrogen-bond donors (Lipinski definition) is 2. The Morgan fingerprint density at radius 2 is 2.05 bits per heavy atom. The van der Waals surface area contributed by atoms with E-state index in [9.17, 15) is 0 Å². The van der Waals surface area contributed by atoms with Gasteiger partial charge in [0.1, 0.15) is 11.9 Å². The highest BCUT2D eigenvalue weighted by molar-refractivity contribution is 14.0. The van der Waals surface area contributed by atoms with E-state index in [1.165, 1.54) is 0 Å². The van der Waals surface area contributed by atoms with Gasteiger partial charge in [-0.25, -0.2) is 0 Å². The molecule has 1 aromatic rings. The second-order valence-corrected chi connectivity index (χ2v) is 5.00. The molecule has 0 aromatic heterocycles. The van der Waals surface area contributed by atoms with Crippen LogP contribution in [0.5, 0.6) is 5.75 Å². The molecule has 1 atom stereocenters. The summed E-state index contributed by atoms with van der Waals surface area (Å²) in [7, 11) is 1.76. The molecule has 1 unspecified atom stereocenters. The third-order valence-corrected chi connectivity index (χ3v) is 3.08. The van der Waals surface area contributed by atoms with Gasteiger partial charge in [-0.2, -0.15) is 0 Å². The summed E-state index contributed by atoms with van der Waals surface area (Å²) in [5, 5.41) is 7.13. The maximum atomic E-state index is 6.06. The van der Waals surface area contributed by atoms with Crippen molar-refractivity contribution in [1.29, 1.82) is 0 Å². The second-order valence-electron chi connectivity index (χ2n) is 4.59. The van der Waals surface area contributed by atoms with E-state index in [-0.39, 0.29) is 30.1 Å². The van der Waals surface area contributed by atoms with E-state index in [4.69, 9.17) is 16.3 Å². The molecule has 1 aromatic carbocycles. The molecule has 0 heterocycles. The van der Waals surface area contributed by atoms with Crippen molar-refractivity contribution < 1.29 is 4.74 Å². The molecule has 21 heavy (non-hydrogen) atoms. The number of aliphatic imine (C=N–C) groups is 1. The molecule has 0 radical (unpaired) electrons. The Kier molecular flexibility index (Phi) is 11.5. The van der Waals surface area contributed by atoms with Crippen LogP contribution < -0.4 is 15.4 Å². The molecule has 0 saturated heterocycles. The lowest BCUT2D eigenvalue weighted by atomic mass is 10.3. The largest absolute Gasteiger partial charge is 0.487 e. The molecule has 0 spiro atoms. The van der Waals surface area contributed by atoms with Gasteiger partial charge in [0.25, 0.3) is 0 Å². The van der Waals surface area contributed by atoms with Gasteiger partial charge in [0.2, 0.25) is 0 Å². The Bertz CT molecular complexity index is 429. The summed E-state index contributed by atoms with van der Waals surface area (Å²) in [4.78, 5) is 4.17. The molecule has 0 bridgehead atoms. The normalized spacial score (nSPS) is 12.3. The van der Waals surface area contributed by atoms with Gasteiger partial charge in [-0.3, -0.25) is 4.99 Å². The number of guanidine groups is 1. The maximum Gasteiger partial charge on any atom is 0.191 e. The number of unbranched alkanes of at least 4 members (excludes halogenated alkanes) is 1. The first-order chi connectivity index (χ1) is 9.67. The van der Waals surface area contributed by atoms with Crippen molar-refractivity contribution in [3.63, 3.8) is 0 Å². The lowest BCUT2D eigenvalue weighted by Crippen LogP contribution is -2.42. The number of rotatable bonds is 7. The van der Waals surface area contributed by atoms with Gasteiger partial charge in [-0.1, -0.05) is 37.1 Å². The molecule has 6 heteroatoms. The first kappa shape index (κ1) is 20.3. The first-order valence-electron chi connectivity index (χ1n) is 7.03. The predicted octanol–water partition coefficient (Wildman–Crippen LogP) is 3.69. The predicted molar refractivity (Wildman–Crippen MR) is 101 cm³/mol. The molecule has 1 rings (SSSR count). The standard InChI is InChI=1S/C15H24ClN3O.HI/c1-4-5-10-18-15(17-3)19-11-12(2)20-14-9-7-6-8-13(14)16;/h6-9,12H,4-5,10-11H2,1-3H3,(H2,17,18,19);1H. The van der Waals surface area contributed by atoms with Gasteiger partial charge in [0, 0.05) is 13.6 Å². The monoisotopic (exact) mass is 425 g/mol. The Labute approximate surface area is 149 Å². The van der Waals surface area contributed by atoms with E-state index in [1.807, 2.05) is 31.2 Å². The Morgan fingerprint density at radius 3 is 2.67 bits per heavy atom. The van der Waals surface area contributed by atoms with Crippen molar-refractivity contribution in [2.45, 2.75) is 32.8 Å². The molecule has 0 aliphatic carbocycles. The summed E-state index contributed by atoms with van der Waals surface area (Å²) in [6.07, 6.45) is 2.29. The number of para-hydroxylation sites is 1. The molecule has 0 aliphatic heterocycles. The fourth-order valence-corrected chi connectivity index (χ4v) is 1.82. The van der Waals surface area contributed by atoms with E-state index in [1.54, 1.807) is 7.05 Å². The number of halogens is 2.